The smallest absolute Gasteiger partial charge is 0.338 e. The highest BCUT2D eigenvalue weighted by molar-refractivity contribution is 6.22. The van der Waals surface area contributed by atoms with Gasteiger partial charge in [0, 0.05) is 12.2 Å². The van der Waals surface area contributed by atoms with E-state index < -0.39 is 35.7 Å². The van der Waals surface area contributed by atoms with Gasteiger partial charge < -0.3 is 19.7 Å². The number of ether oxygens (including phenoxy) is 2. The average Bonchev–Trinajstić information content (AvgIpc) is 3.13. The van der Waals surface area contributed by atoms with Crippen LogP contribution in [-0.4, -0.2) is 48.5 Å². The van der Waals surface area contributed by atoms with E-state index in [1.165, 1.54) is 30.2 Å². The second-order valence-electron chi connectivity index (χ2n) is 8.48. The highest BCUT2D eigenvalue weighted by Gasteiger charge is 2.46. The van der Waals surface area contributed by atoms with Gasteiger partial charge >= 0.3 is 12.0 Å². The molecule has 0 saturated carbocycles. The monoisotopic (exact) mass is 519 g/mol. The minimum atomic E-state index is -1.11. The lowest BCUT2D eigenvalue weighted by molar-refractivity contribution is -0.124. The van der Waals surface area contributed by atoms with Crippen LogP contribution in [0.4, 0.5) is 20.6 Å². The molecule has 1 N–H and O–H groups in total. The Morgan fingerprint density at radius 2 is 1.71 bits per heavy atom. The molecule has 0 aliphatic carbocycles. The fourth-order valence-corrected chi connectivity index (χ4v) is 4.10. The van der Waals surface area contributed by atoms with Crippen molar-refractivity contribution in [1.82, 2.24) is 4.90 Å². The van der Waals surface area contributed by atoms with E-state index in [9.17, 15) is 23.6 Å². The summed E-state index contributed by atoms with van der Waals surface area (Å²) in [4.78, 5) is 54.1. The van der Waals surface area contributed by atoms with Crippen LogP contribution in [0.1, 0.15) is 29.3 Å². The number of esters is 1. The summed E-state index contributed by atoms with van der Waals surface area (Å²) in [5.74, 6) is -1.54. The van der Waals surface area contributed by atoms with Crippen LogP contribution in [0, 0.1) is 5.82 Å². The van der Waals surface area contributed by atoms with Gasteiger partial charge in [-0.05, 0) is 67.1 Å². The van der Waals surface area contributed by atoms with Gasteiger partial charge in [-0.15, -0.1) is 0 Å². The van der Waals surface area contributed by atoms with Crippen molar-refractivity contribution < 1.29 is 33.0 Å². The maximum atomic E-state index is 13.5. The lowest BCUT2D eigenvalue weighted by Gasteiger charge is -2.22. The summed E-state index contributed by atoms with van der Waals surface area (Å²) < 4.78 is 23.6. The van der Waals surface area contributed by atoms with Crippen LogP contribution >= 0.6 is 0 Å². The predicted molar refractivity (Wildman–Crippen MR) is 137 cm³/mol. The predicted octanol–water partition coefficient (Wildman–Crippen LogP) is 4.38. The zero-order valence-corrected chi connectivity index (χ0v) is 20.8. The Hall–Kier alpha value is -4.73. The van der Waals surface area contributed by atoms with Crippen LogP contribution in [0.25, 0.3) is 0 Å². The third-order valence-corrected chi connectivity index (χ3v) is 5.95. The van der Waals surface area contributed by atoms with Crippen molar-refractivity contribution in [3.63, 3.8) is 0 Å². The quantitative estimate of drug-likeness (QED) is 0.332. The van der Waals surface area contributed by atoms with Gasteiger partial charge in [-0.1, -0.05) is 18.2 Å². The highest BCUT2D eigenvalue weighted by atomic mass is 19.1. The molecular formula is C28H26FN3O6. The SMILES string of the molecule is CCOC(=O)c1cccc(NC(=O)C[C@H]2C(=O)N(c3ccc(F)cc3)C(=O)N2Cc2ccc(OC)cc2)c1. The number of rotatable bonds is 9. The number of hydrogen-bond acceptors (Lipinski definition) is 6. The van der Waals surface area contributed by atoms with Crippen LogP contribution in [0.2, 0.25) is 0 Å². The molecule has 1 saturated heterocycles. The second kappa shape index (κ2) is 11.5. The van der Waals surface area contributed by atoms with Gasteiger partial charge in [0.2, 0.25) is 5.91 Å². The van der Waals surface area contributed by atoms with Gasteiger partial charge in [-0.25, -0.2) is 18.9 Å². The van der Waals surface area contributed by atoms with Gasteiger partial charge in [-0.3, -0.25) is 9.59 Å². The molecule has 1 atom stereocenters. The first kappa shape index (κ1) is 26.3. The molecule has 0 aromatic heterocycles. The fourth-order valence-electron chi connectivity index (χ4n) is 4.10. The van der Waals surface area contributed by atoms with Crippen molar-refractivity contribution in [3.8, 4) is 5.75 Å². The summed E-state index contributed by atoms with van der Waals surface area (Å²) in [6, 6.07) is 16.4. The Labute approximate surface area is 218 Å². The molecule has 1 aliphatic rings. The third kappa shape index (κ3) is 5.80. The molecular weight excluding hydrogens is 493 g/mol. The van der Waals surface area contributed by atoms with Crippen LogP contribution in [0.5, 0.6) is 5.75 Å². The largest absolute Gasteiger partial charge is 0.497 e. The topological polar surface area (TPSA) is 105 Å². The fraction of sp³-hybridized carbons (Fsp3) is 0.214. The van der Waals surface area contributed by atoms with E-state index in [1.807, 2.05) is 0 Å². The molecule has 1 fully saturated rings. The van der Waals surface area contributed by atoms with Crippen molar-refractivity contribution in [2.24, 2.45) is 0 Å². The molecule has 0 radical (unpaired) electrons. The van der Waals surface area contributed by atoms with Crippen LogP contribution < -0.4 is 15.0 Å². The van der Waals surface area contributed by atoms with Crippen molar-refractivity contribution in [1.29, 1.82) is 0 Å². The molecule has 0 spiro atoms. The maximum Gasteiger partial charge on any atom is 0.338 e. The van der Waals surface area contributed by atoms with E-state index in [0.29, 0.717) is 11.4 Å². The Balaban J connectivity index is 1.57. The number of carbonyl (C=O) groups excluding carboxylic acids is 4. The lowest BCUT2D eigenvalue weighted by atomic mass is 10.1. The van der Waals surface area contributed by atoms with E-state index in [-0.39, 0.29) is 30.8 Å². The third-order valence-electron chi connectivity index (χ3n) is 5.95. The van der Waals surface area contributed by atoms with E-state index in [2.05, 4.69) is 5.32 Å². The first-order valence-electron chi connectivity index (χ1n) is 11.9. The zero-order valence-electron chi connectivity index (χ0n) is 20.8. The molecule has 10 heteroatoms. The van der Waals surface area contributed by atoms with Crippen LogP contribution in [-0.2, 0) is 20.9 Å². The summed E-state index contributed by atoms with van der Waals surface area (Å²) >= 11 is 0. The van der Waals surface area contributed by atoms with Gasteiger partial charge in [-0.2, -0.15) is 0 Å². The number of anilines is 2. The minimum Gasteiger partial charge on any atom is -0.497 e. The molecule has 1 aliphatic heterocycles. The van der Waals surface area contributed by atoms with E-state index in [1.54, 1.807) is 49.4 Å². The molecule has 1 heterocycles. The van der Waals surface area contributed by atoms with Gasteiger partial charge in [0.1, 0.15) is 17.6 Å². The summed E-state index contributed by atoms with van der Waals surface area (Å²) in [6.07, 6.45) is -0.331. The number of nitrogens with one attached hydrogen (secondary N) is 1. The number of carbonyl (C=O) groups is 4. The van der Waals surface area contributed by atoms with Crippen LogP contribution in [0.15, 0.2) is 72.8 Å². The second-order valence-corrected chi connectivity index (χ2v) is 8.48. The number of nitrogens with zero attached hydrogens (tertiary/aromatic N) is 2. The molecule has 0 unspecified atom stereocenters. The number of amides is 4. The van der Waals surface area contributed by atoms with Crippen LogP contribution in [0.3, 0.4) is 0 Å². The van der Waals surface area contributed by atoms with Crippen molar-refractivity contribution >= 4 is 35.2 Å². The summed E-state index contributed by atoms with van der Waals surface area (Å²) in [5.41, 5.74) is 1.53. The average molecular weight is 520 g/mol. The lowest BCUT2D eigenvalue weighted by Crippen LogP contribution is -2.37. The molecule has 3 aromatic carbocycles. The van der Waals surface area contributed by atoms with E-state index in [4.69, 9.17) is 9.47 Å². The Kier molecular flexibility index (Phi) is 8.00. The Morgan fingerprint density at radius 3 is 2.37 bits per heavy atom. The Bertz CT molecular complexity index is 1340. The number of urea groups is 1. The number of benzene rings is 3. The number of halogens is 1. The highest BCUT2D eigenvalue weighted by Crippen LogP contribution is 2.29. The standard InChI is InChI=1S/C28H26FN3O6/c1-3-38-27(35)19-5-4-6-21(15-19)30-25(33)16-24-26(34)32(22-11-9-20(29)10-12-22)28(36)31(24)17-18-7-13-23(37-2)14-8-18/h4-15,24H,3,16-17H2,1-2H3,(H,30,33)/t24-/m0/s1. The number of methoxy groups -OCH3 is 1. The molecule has 3 aromatic rings. The summed E-state index contributed by atoms with van der Waals surface area (Å²) in [5, 5.41) is 2.68. The molecule has 4 rings (SSSR count). The van der Waals surface area contributed by atoms with E-state index >= 15 is 0 Å². The Morgan fingerprint density at radius 1 is 1.00 bits per heavy atom. The normalized spacial score (nSPS) is 15.0. The molecule has 196 valence electrons. The first-order valence-corrected chi connectivity index (χ1v) is 11.9. The summed E-state index contributed by atoms with van der Waals surface area (Å²) in [6.45, 7) is 1.96. The number of imide groups is 1. The van der Waals surface area contributed by atoms with E-state index in [0.717, 1.165) is 22.6 Å². The first-order chi connectivity index (χ1) is 18.3. The van der Waals surface area contributed by atoms with Crippen molar-refractivity contribution in [3.05, 3.63) is 89.7 Å². The molecule has 0 bridgehead atoms. The zero-order chi connectivity index (χ0) is 27.2. The van der Waals surface area contributed by atoms with Gasteiger partial charge in [0.05, 0.1) is 31.4 Å². The molecule has 38 heavy (non-hydrogen) atoms. The maximum absolute atomic E-state index is 13.5. The summed E-state index contributed by atoms with van der Waals surface area (Å²) in [7, 11) is 1.54. The number of hydrogen-bond donors (Lipinski definition) is 1. The molecule has 9 nitrogen and oxygen atoms in total. The molecule has 4 amide bonds. The van der Waals surface area contributed by atoms with Crippen molar-refractivity contribution in [2.45, 2.75) is 25.9 Å². The van der Waals surface area contributed by atoms with Crippen molar-refractivity contribution in [2.75, 3.05) is 23.9 Å². The van der Waals surface area contributed by atoms with Gasteiger partial charge in [0.25, 0.3) is 5.91 Å². The minimum absolute atomic E-state index is 0.0581. The van der Waals surface area contributed by atoms with Gasteiger partial charge in [0.15, 0.2) is 0 Å².